The minimum absolute atomic E-state index is 0.467. The minimum Gasteiger partial charge on any atom is -0.339 e. The molecule has 2 rings (SSSR count). The third kappa shape index (κ3) is 4.54. The van der Waals surface area contributed by atoms with E-state index < -0.39 is 0 Å². The molecule has 1 N–H and O–H groups in total. The van der Waals surface area contributed by atoms with Gasteiger partial charge < -0.3 is 10.2 Å². The van der Waals surface area contributed by atoms with Gasteiger partial charge in [-0.2, -0.15) is 0 Å². The third-order valence-electron chi connectivity index (χ3n) is 2.76. The number of thiophene rings is 1. The molecule has 0 saturated heterocycles. The van der Waals surface area contributed by atoms with Gasteiger partial charge in [0.2, 0.25) is 5.95 Å². The van der Waals surface area contributed by atoms with E-state index in [2.05, 4.69) is 61.4 Å². The van der Waals surface area contributed by atoms with Crippen molar-refractivity contribution in [2.75, 3.05) is 11.9 Å². The summed E-state index contributed by atoms with van der Waals surface area (Å²) in [5.74, 6) is 0.753. The molecule has 0 aliphatic carbocycles. The Kier molecular flexibility index (Phi) is 5.51. The van der Waals surface area contributed by atoms with Crippen molar-refractivity contribution in [2.45, 2.75) is 33.0 Å². The number of nitrogens with one attached hydrogen (secondary N) is 1. The number of hydrogen-bond acceptors (Lipinski definition) is 5. The van der Waals surface area contributed by atoms with Gasteiger partial charge in [0.25, 0.3) is 0 Å². The highest BCUT2D eigenvalue weighted by Gasteiger charge is 2.07. The molecular weight excluding hydrogens is 336 g/mol. The molecule has 0 unspecified atom stereocenters. The predicted molar refractivity (Wildman–Crippen MR) is 88.1 cm³/mol. The Hall–Kier alpha value is -0.980. The Balaban J connectivity index is 1.94. The molecule has 2 aromatic rings. The fourth-order valence-electron chi connectivity index (χ4n) is 1.70. The second kappa shape index (κ2) is 7.15. The molecule has 0 spiro atoms. The van der Waals surface area contributed by atoms with Crippen molar-refractivity contribution in [1.29, 1.82) is 0 Å². The smallest absolute Gasteiger partial charge is 0.225 e. The first kappa shape index (κ1) is 15.4. The lowest BCUT2D eigenvalue weighted by molar-refractivity contribution is 0.586. The van der Waals surface area contributed by atoms with Crippen LogP contribution in [0.15, 0.2) is 28.3 Å². The van der Waals surface area contributed by atoms with Crippen LogP contribution in [0.25, 0.3) is 0 Å². The van der Waals surface area contributed by atoms with E-state index in [1.807, 2.05) is 19.4 Å². The van der Waals surface area contributed by atoms with E-state index in [4.69, 9.17) is 0 Å². The van der Waals surface area contributed by atoms with E-state index in [0.717, 1.165) is 29.1 Å². The molecule has 0 aliphatic heterocycles. The van der Waals surface area contributed by atoms with Crippen LogP contribution in [0.1, 0.15) is 24.3 Å². The molecule has 108 valence electrons. The Morgan fingerprint density at radius 3 is 2.60 bits per heavy atom. The van der Waals surface area contributed by atoms with Crippen LogP contribution in [-0.4, -0.2) is 23.1 Å². The van der Waals surface area contributed by atoms with Crippen molar-refractivity contribution in [3.63, 3.8) is 0 Å². The van der Waals surface area contributed by atoms with E-state index in [-0.39, 0.29) is 0 Å². The number of aromatic nitrogens is 2. The van der Waals surface area contributed by atoms with Crippen LogP contribution < -0.4 is 10.2 Å². The standard InChI is InChI=1S/C14H19BrN4S/c1-10(2)16-5-11-6-17-14(18-7-11)19(3)8-13-4-12(15)9-20-13/h4,6-7,9-10,16H,5,8H2,1-3H3. The SMILES string of the molecule is CC(C)NCc1cnc(N(C)Cc2cc(Br)cs2)nc1. The van der Waals surface area contributed by atoms with Crippen molar-refractivity contribution in [2.24, 2.45) is 0 Å². The lowest BCUT2D eigenvalue weighted by atomic mass is 10.3. The number of halogens is 1. The van der Waals surface area contributed by atoms with E-state index in [9.17, 15) is 0 Å². The van der Waals surface area contributed by atoms with Crippen molar-refractivity contribution in [3.05, 3.63) is 38.8 Å². The molecule has 0 bridgehead atoms. The van der Waals surface area contributed by atoms with Crippen LogP contribution >= 0.6 is 27.3 Å². The summed E-state index contributed by atoms with van der Waals surface area (Å²) in [5.41, 5.74) is 1.11. The Bertz CT molecular complexity index is 538. The van der Waals surface area contributed by atoms with E-state index >= 15 is 0 Å². The minimum atomic E-state index is 0.467. The van der Waals surface area contributed by atoms with Crippen molar-refractivity contribution in [3.8, 4) is 0 Å². The summed E-state index contributed by atoms with van der Waals surface area (Å²) in [6.45, 7) is 5.88. The van der Waals surface area contributed by atoms with Crippen LogP contribution in [0.4, 0.5) is 5.95 Å². The lowest BCUT2D eigenvalue weighted by Gasteiger charge is -2.16. The molecule has 0 aromatic carbocycles. The molecular formula is C14H19BrN4S. The summed E-state index contributed by atoms with van der Waals surface area (Å²) in [7, 11) is 2.01. The van der Waals surface area contributed by atoms with Gasteiger partial charge in [-0.25, -0.2) is 9.97 Å². The van der Waals surface area contributed by atoms with Gasteiger partial charge in [0.05, 0.1) is 6.54 Å². The topological polar surface area (TPSA) is 41.1 Å². The monoisotopic (exact) mass is 354 g/mol. The summed E-state index contributed by atoms with van der Waals surface area (Å²) in [5, 5.41) is 5.44. The van der Waals surface area contributed by atoms with Gasteiger partial charge in [0.1, 0.15) is 0 Å². The normalized spacial score (nSPS) is 11.1. The predicted octanol–water partition coefficient (Wildman–Crippen LogP) is 3.44. The highest BCUT2D eigenvalue weighted by molar-refractivity contribution is 9.10. The first-order valence-electron chi connectivity index (χ1n) is 6.53. The van der Waals surface area contributed by atoms with E-state index in [0.29, 0.717) is 6.04 Å². The Morgan fingerprint density at radius 2 is 2.05 bits per heavy atom. The quantitative estimate of drug-likeness (QED) is 0.862. The van der Waals surface area contributed by atoms with E-state index in [1.54, 1.807) is 11.3 Å². The molecule has 6 heteroatoms. The van der Waals surface area contributed by atoms with Crippen LogP contribution in [0.2, 0.25) is 0 Å². The lowest BCUT2D eigenvalue weighted by Crippen LogP contribution is -2.22. The Labute approximate surface area is 132 Å². The van der Waals surface area contributed by atoms with Gasteiger partial charge in [-0.05, 0) is 22.0 Å². The highest BCUT2D eigenvalue weighted by Crippen LogP contribution is 2.21. The van der Waals surface area contributed by atoms with Crippen molar-refractivity contribution in [1.82, 2.24) is 15.3 Å². The zero-order chi connectivity index (χ0) is 14.5. The first-order valence-corrected chi connectivity index (χ1v) is 8.20. The summed E-state index contributed by atoms with van der Waals surface area (Å²) < 4.78 is 1.13. The summed E-state index contributed by atoms with van der Waals surface area (Å²) in [4.78, 5) is 12.2. The van der Waals surface area contributed by atoms with Crippen LogP contribution in [0, 0.1) is 0 Å². The van der Waals surface area contributed by atoms with Crippen LogP contribution in [-0.2, 0) is 13.1 Å². The maximum Gasteiger partial charge on any atom is 0.225 e. The molecule has 0 atom stereocenters. The summed E-state index contributed by atoms with van der Waals surface area (Å²) >= 11 is 5.20. The number of rotatable bonds is 6. The average molecular weight is 355 g/mol. The molecule has 0 amide bonds. The molecule has 0 fully saturated rings. The zero-order valence-corrected chi connectivity index (χ0v) is 14.3. The molecule has 0 radical (unpaired) electrons. The first-order chi connectivity index (χ1) is 9.54. The van der Waals surface area contributed by atoms with Crippen LogP contribution in [0.5, 0.6) is 0 Å². The van der Waals surface area contributed by atoms with Gasteiger partial charge in [0.15, 0.2) is 0 Å². The van der Waals surface area contributed by atoms with E-state index in [1.165, 1.54) is 4.88 Å². The molecule has 20 heavy (non-hydrogen) atoms. The molecule has 0 aliphatic rings. The average Bonchev–Trinajstić information content (AvgIpc) is 2.82. The van der Waals surface area contributed by atoms with Gasteiger partial charge >= 0.3 is 0 Å². The molecule has 0 saturated carbocycles. The maximum absolute atomic E-state index is 4.43. The number of anilines is 1. The zero-order valence-electron chi connectivity index (χ0n) is 11.9. The van der Waals surface area contributed by atoms with Crippen LogP contribution in [0.3, 0.4) is 0 Å². The van der Waals surface area contributed by atoms with Gasteiger partial charge in [0, 0.05) is 52.3 Å². The maximum atomic E-state index is 4.43. The summed E-state index contributed by atoms with van der Waals surface area (Å²) in [6, 6.07) is 2.59. The largest absolute Gasteiger partial charge is 0.339 e. The highest BCUT2D eigenvalue weighted by atomic mass is 79.9. The second-order valence-electron chi connectivity index (χ2n) is 5.01. The molecule has 2 aromatic heterocycles. The Morgan fingerprint density at radius 1 is 1.35 bits per heavy atom. The molecule has 2 heterocycles. The van der Waals surface area contributed by atoms with Gasteiger partial charge in [-0.3, -0.25) is 0 Å². The second-order valence-corrected chi connectivity index (χ2v) is 6.93. The van der Waals surface area contributed by atoms with Gasteiger partial charge in [-0.15, -0.1) is 11.3 Å². The fraction of sp³-hybridized carbons (Fsp3) is 0.429. The number of nitrogens with zero attached hydrogens (tertiary/aromatic N) is 3. The fourth-order valence-corrected chi connectivity index (χ4v) is 3.20. The van der Waals surface area contributed by atoms with Crippen molar-refractivity contribution < 1.29 is 0 Å². The van der Waals surface area contributed by atoms with Crippen molar-refractivity contribution >= 4 is 33.2 Å². The summed E-state index contributed by atoms with van der Waals surface area (Å²) in [6.07, 6.45) is 3.77. The third-order valence-corrected chi connectivity index (χ3v) is 4.44. The van der Waals surface area contributed by atoms with Gasteiger partial charge in [-0.1, -0.05) is 13.8 Å². The molecule has 4 nitrogen and oxygen atoms in total. The number of hydrogen-bond donors (Lipinski definition) is 1.